The van der Waals surface area contributed by atoms with Crippen LogP contribution in [0.4, 0.5) is 10.1 Å². The van der Waals surface area contributed by atoms with E-state index in [0.717, 1.165) is 16.7 Å². The molecule has 0 radical (unpaired) electrons. The average molecular weight is 366 g/mol. The van der Waals surface area contributed by atoms with Crippen molar-refractivity contribution in [3.05, 3.63) is 52.2 Å². The Labute approximate surface area is 131 Å². The zero-order chi connectivity index (χ0) is 15.9. The fourth-order valence-corrected chi connectivity index (χ4v) is 2.41. The molecule has 0 fully saturated rings. The standard InChI is InChI=1S/C14H9BrFN3O3/c15-6-1-2-10-8(3-6)11(12(22-10)13(17)20)19-14(21)9-4-7(16)5-18-9/h1-5,18H,(H2,17,20)(H,19,21). The maximum Gasteiger partial charge on any atom is 0.286 e. The molecule has 6 nitrogen and oxygen atoms in total. The zero-order valence-electron chi connectivity index (χ0n) is 10.9. The SMILES string of the molecule is NC(=O)c1oc2ccc(Br)cc2c1NC(=O)c1cc(F)c[nH]1. The van der Waals surface area contributed by atoms with Gasteiger partial charge in [0.25, 0.3) is 11.8 Å². The van der Waals surface area contributed by atoms with Gasteiger partial charge in [-0.1, -0.05) is 15.9 Å². The van der Waals surface area contributed by atoms with Crippen molar-refractivity contribution >= 4 is 44.4 Å². The predicted molar refractivity (Wildman–Crippen MR) is 81.1 cm³/mol. The van der Waals surface area contributed by atoms with E-state index in [2.05, 4.69) is 26.2 Å². The number of H-pyrrole nitrogens is 1. The highest BCUT2D eigenvalue weighted by Gasteiger charge is 2.21. The van der Waals surface area contributed by atoms with Gasteiger partial charge in [0.15, 0.2) is 0 Å². The van der Waals surface area contributed by atoms with E-state index in [1.165, 1.54) is 0 Å². The van der Waals surface area contributed by atoms with Crippen LogP contribution < -0.4 is 11.1 Å². The van der Waals surface area contributed by atoms with Crippen molar-refractivity contribution in [2.75, 3.05) is 5.32 Å². The van der Waals surface area contributed by atoms with Crippen molar-refractivity contribution in [2.24, 2.45) is 5.73 Å². The number of primary amides is 1. The molecule has 8 heteroatoms. The molecule has 0 bridgehead atoms. The summed E-state index contributed by atoms with van der Waals surface area (Å²) in [6.45, 7) is 0. The number of nitrogens with one attached hydrogen (secondary N) is 2. The van der Waals surface area contributed by atoms with E-state index in [0.29, 0.717) is 11.0 Å². The van der Waals surface area contributed by atoms with Crippen LogP contribution in [-0.2, 0) is 0 Å². The van der Waals surface area contributed by atoms with Crippen LogP contribution in [0.3, 0.4) is 0 Å². The molecule has 0 saturated heterocycles. The number of furan rings is 1. The molecule has 112 valence electrons. The van der Waals surface area contributed by atoms with Crippen LogP contribution in [-0.4, -0.2) is 16.8 Å². The van der Waals surface area contributed by atoms with Gasteiger partial charge in [0.2, 0.25) is 5.76 Å². The van der Waals surface area contributed by atoms with Crippen LogP contribution in [0.1, 0.15) is 21.0 Å². The lowest BCUT2D eigenvalue weighted by Gasteiger charge is -2.03. The Balaban J connectivity index is 2.08. The van der Waals surface area contributed by atoms with Gasteiger partial charge in [0.05, 0.1) is 0 Å². The number of halogens is 2. The summed E-state index contributed by atoms with van der Waals surface area (Å²) in [5.74, 6) is -2.18. The van der Waals surface area contributed by atoms with E-state index >= 15 is 0 Å². The summed E-state index contributed by atoms with van der Waals surface area (Å²) < 4.78 is 19.1. The first-order valence-corrected chi connectivity index (χ1v) is 6.92. The van der Waals surface area contributed by atoms with Gasteiger partial charge in [-0.25, -0.2) is 4.39 Å². The average Bonchev–Trinajstić information content (AvgIpc) is 3.03. The number of carbonyl (C=O) groups excluding carboxylic acids is 2. The Hall–Kier alpha value is -2.61. The van der Waals surface area contributed by atoms with Crippen LogP contribution in [0.15, 0.2) is 39.4 Å². The Morgan fingerprint density at radius 3 is 2.73 bits per heavy atom. The van der Waals surface area contributed by atoms with Gasteiger partial charge in [0, 0.05) is 22.1 Å². The van der Waals surface area contributed by atoms with Crippen LogP contribution in [0, 0.1) is 5.82 Å². The Morgan fingerprint density at radius 1 is 1.32 bits per heavy atom. The minimum absolute atomic E-state index is 0.0114. The third-order valence-electron chi connectivity index (χ3n) is 3.00. The molecular formula is C14H9BrFN3O3. The smallest absolute Gasteiger partial charge is 0.286 e. The van der Waals surface area contributed by atoms with Crippen LogP contribution >= 0.6 is 15.9 Å². The van der Waals surface area contributed by atoms with E-state index < -0.39 is 17.6 Å². The molecule has 3 rings (SSSR count). The van der Waals surface area contributed by atoms with Crippen LogP contribution in [0.25, 0.3) is 11.0 Å². The number of benzene rings is 1. The molecule has 0 aliphatic heterocycles. The van der Waals surface area contributed by atoms with Crippen molar-refractivity contribution in [1.29, 1.82) is 0 Å². The first-order valence-electron chi connectivity index (χ1n) is 6.13. The summed E-state index contributed by atoms with van der Waals surface area (Å²) in [6, 6.07) is 6.08. The minimum atomic E-state index is -0.819. The number of aromatic nitrogens is 1. The minimum Gasteiger partial charge on any atom is -0.449 e. The molecule has 2 amide bonds. The Morgan fingerprint density at radius 2 is 2.09 bits per heavy atom. The summed E-state index contributed by atoms with van der Waals surface area (Å²) in [5, 5.41) is 3.02. The second-order valence-electron chi connectivity index (χ2n) is 4.50. The molecule has 22 heavy (non-hydrogen) atoms. The molecule has 0 atom stereocenters. The second-order valence-corrected chi connectivity index (χ2v) is 5.41. The normalized spacial score (nSPS) is 10.8. The van der Waals surface area contributed by atoms with E-state index in [9.17, 15) is 14.0 Å². The molecular weight excluding hydrogens is 357 g/mol. The Bertz CT molecular complexity index is 900. The monoisotopic (exact) mass is 365 g/mol. The first kappa shape index (κ1) is 14.3. The number of anilines is 1. The molecule has 0 spiro atoms. The van der Waals surface area contributed by atoms with Gasteiger partial charge in [-0.2, -0.15) is 0 Å². The second kappa shape index (κ2) is 5.30. The van der Waals surface area contributed by atoms with Gasteiger partial charge in [0.1, 0.15) is 22.8 Å². The number of nitrogens with two attached hydrogens (primary N) is 1. The molecule has 1 aromatic carbocycles. The molecule has 0 unspecified atom stereocenters. The van der Waals surface area contributed by atoms with Crippen molar-refractivity contribution < 1.29 is 18.4 Å². The summed E-state index contributed by atoms with van der Waals surface area (Å²) in [6.07, 6.45) is 1.05. The molecule has 2 aromatic heterocycles. The lowest BCUT2D eigenvalue weighted by molar-refractivity contribution is 0.0977. The third-order valence-corrected chi connectivity index (χ3v) is 3.50. The zero-order valence-corrected chi connectivity index (χ0v) is 12.5. The summed E-state index contributed by atoms with van der Waals surface area (Å²) in [5.41, 5.74) is 5.82. The van der Waals surface area contributed by atoms with E-state index in [4.69, 9.17) is 10.2 Å². The van der Waals surface area contributed by atoms with Crippen molar-refractivity contribution in [2.45, 2.75) is 0 Å². The van der Waals surface area contributed by atoms with Gasteiger partial charge in [-0.3, -0.25) is 9.59 Å². The molecule has 0 saturated carbocycles. The fourth-order valence-electron chi connectivity index (χ4n) is 2.05. The number of carbonyl (C=O) groups is 2. The predicted octanol–water partition coefficient (Wildman–Crippen LogP) is 3.01. The quantitative estimate of drug-likeness (QED) is 0.664. The fraction of sp³-hybridized carbons (Fsp3) is 0. The largest absolute Gasteiger partial charge is 0.449 e. The lowest BCUT2D eigenvalue weighted by Crippen LogP contribution is -2.17. The maximum atomic E-state index is 13.0. The highest BCUT2D eigenvalue weighted by Crippen LogP contribution is 2.33. The Kier molecular flexibility index (Phi) is 3.45. The number of amides is 2. The van der Waals surface area contributed by atoms with Crippen molar-refractivity contribution in [3.8, 4) is 0 Å². The number of aromatic amines is 1. The number of rotatable bonds is 3. The highest BCUT2D eigenvalue weighted by molar-refractivity contribution is 9.10. The number of hydrogen-bond acceptors (Lipinski definition) is 3. The summed E-state index contributed by atoms with van der Waals surface area (Å²) >= 11 is 3.30. The maximum absolute atomic E-state index is 13.0. The van der Waals surface area contributed by atoms with Crippen LogP contribution in [0.5, 0.6) is 0 Å². The summed E-state index contributed by atoms with van der Waals surface area (Å²) in [7, 11) is 0. The molecule has 2 heterocycles. The van der Waals surface area contributed by atoms with Gasteiger partial charge >= 0.3 is 0 Å². The van der Waals surface area contributed by atoms with Gasteiger partial charge in [-0.15, -0.1) is 0 Å². The number of hydrogen-bond donors (Lipinski definition) is 3. The summed E-state index contributed by atoms with van der Waals surface area (Å²) in [4.78, 5) is 26.1. The van der Waals surface area contributed by atoms with E-state index in [1.807, 2.05) is 0 Å². The number of fused-ring (bicyclic) bond motifs is 1. The molecule has 3 aromatic rings. The van der Waals surface area contributed by atoms with Gasteiger partial charge in [-0.05, 0) is 18.2 Å². The topological polar surface area (TPSA) is 101 Å². The first-order chi connectivity index (χ1) is 10.5. The van der Waals surface area contributed by atoms with Crippen molar-refractivity contribution in [1.82, 2.24) is 4.98 Å². The van der Waals surface area contributed by atoms with E-state index in [-0.39, 0.29) is 17.1 Å². The molecule has 0 aliphatic rings. The third kappa shape index (κ3) is 2.48. The molecule has 0 aliphatic carbocycles. The molecule has 4 N–H and O–H groups in total. The highest BCUT2D eigenvalue weighted by atomic mass is 79.9. The van der Waals surface area contributed by atoms with E-state index in [1.54, 1.807) is 18.2 Å². The van der Waals surface area contributed by atoms with Gasteiger partial charge < -0.3 is 20.5 Å². The lowest BCUT2D eigenvalue weighted by atomic mass is 10.2. The van der Waals surface area contributed by atoms with Crippen molar-refractivity contribution in [3.63, 3.8) is 0 Å². The van der Waals surface area contributed by atoms with Crippen LogP contribution in [0.2, 0.25) is 0 Å².